The molecule has 0 amide bonds. The summed E-state index contributed by atoms with van der Waals surface area (Å²) in [6.45, 7) is 0. The number of hydrogen-bond acceptors (Lipinski definition) is 7. The average Bonchev–Trinajstić information content (AvgIpc) is 3.23. The minimum absolute atomic E-state index is 0.104. The molecule has 2 aromatic carbocycles. The Hall–Kier alpha value is -3.99. The van der Waals surface area contributed by atoms with Crippen LogP contribution in [0, 0.1) is 10.1 Å². The number of methoxy groups -OCH3 is 1. The summed E-state index contributed by atoms with van der Waals surface area (Å²) in [5, 5.41) is 15.3. The molecule has 0 aliphatic heterocycles. The van der Waals surface area contributed by atoms with E-state index in [9.17, 15) is 18.5 Å². The summed E-state index contributed by atoms with van der Waals surface area (Å²) >= 11 is 0. The lowest BCUT2D eigenvalue weighted by Gasteiger charge is -2.20. The number of rotatable bonds is 6. The Bertz CT molecular complexity index is 1380. The van der Waals surface area contributed by atoms with Crippen LogP contribution in [0.3, 0.4) is 0 Å². The molecule has 158 valence electrons. The van der Waals surface area contributed by atoms with Gasteiger partial charge in [0.05, 0.1) is 28.3 Å². The van der Waals surface area contributed by atoms with Gasteiger partial charge in [-0.25, -0.2) is 17.9 Å². The van der Waals surface area contributed by atoms with E-state index in [4.69, 9.17) is 4.74 Å². The topological polar surface area (TPSA) is 120 Å². The largest absolute Gasteiger partial charge is 0.497 e. The van der Waals surface area contributed by atoms with Crippen LogP contribution in [0.5, 0.6) is 5.75 Å². The van der Waals surface area contributed by atoms with Crippen molar-refractivity contribution in [1.29, 1.82) is 0 Å². The van der Waals surface area contributed by atoms with E-state index >= 15 is 0 Å². The highest BCUT2D eigenvalue weighted by atomic mass is 32.2. The minimum Gasteiger partial charge on any atom is -0.497 e. The highest BCUT2D eigenvalue weighted by Gasteiger charge is 2.23. The molecule has 31 heavy (non-hydrogen) atoms. The molecule has 0 aliphatic rings. The number of aromatic nitrogens is 3. The zero-order valence-electron chi connectivity index (χ0n) is 16.5. The van der Waals surface area contributed by atoms with Crippen molar-refractivity contribution in [2.45, 2.75) is 4.90 Å². The average molecular weight is 439 g/mol. The number of nitrogens with zero attached hydrogens (tertiary/aromatic N) is 5. The molecule has 0 N–H and O–H groups in total. The van der Waals surface area contributed by atoms with Crippen molar-refractivity contribution in [1.82, 2.24) is 14.6 Å². The summed E-state index contributed by atoms with van der Waals surface area (Å²) in [5.74, 6) is 0.554. The fourth-order valence-corrected chi connectivity index (χ4v) is 4.32. The van der Waals surface area contributed by atoms with Crippen molar-refractivity contribution in [3.05, 3.63) is 77.1 Å². The lowest BCUT2D eigenvalue weighted by atomic mass is 10.1. The van der Waals surface area contributed by atoms with Gasteiger partial charge in [-0.2, -0.15) is 5.10 Å². The van der Waals surface area contributed by atoms with Crippen LogP contribution in [0.4, 0.5) is 11.4 Å². The van der Waals surface area contributed by atoms with Crippen molar-refractivity contribution >= 4 is 27.0 Å². The van der Waals surface area contributed by atoms with Gasteiger partial charge >= 0.3 is 5.69 Å². The van der Waals surface area contributed by atoms with Gasteiger partial charge in [0.2, 0.25) is 5.65 Å². The zero-order valence-corrected chi connectivity index (χ0v) is 17.4. The van der Waals surface area contributed by atoms with Crippen LogP contribution in [0.1, 0.15) is 0 Å². The quantitative estimate of drug-likeness (QED) is 0.334. The Kier molecular flexibility index (Phi) is 5.03. The fraction of sp³-hybridized carbons (Fsp3) is 0.100. The van der Waals surface area contributed by atoms with E-state index in [1.807, 2.05) is 0 Å². The molecule has 4 rings (SSSR count). The lowest BCUT2D eigenvalue weighted by Crippen LogP contribution is -2.26. The first-order chi connectivity index (χ1) is 14.8. The standard InChI is InChI=1S/C20H17N5O5S/c1-23(31(28,29)17-8-6-16(30-2)7-9-17)15-5-3-4-14(12-15)18-10-11-21-20-19(25(26)27)13-22-24(18)20/h3-13H,1-2H3. The maximum Gasteiger partial charge on any atom is 0.333 e. The number of anilines is 1. The second kappa shape index (κ2) is 7.69. The predicted octanol–water partition coefficient (Wildman–Crippen LogP) is 3.14. The molecule has 0 saturated heterocycles. The molecule has 0 bridgehead atoms. The van der Waals surface area contributed by atoms with Gasteiger partial charge in [0.25, 0.3) is 10.0 Å². The maximum atomic E-state index is 13.1. The van der Waals surface area contributed by atoms with Gasteiger partial charge in [-0.1, -0.05) is 12.1 Å². The van der Waals surface area contributed by atoms with Gasteiger partial charge < -0.3 is 4.74 Å². The number of nitro groups is 1. The molecule has 0 saturated carbocycles. The third kappa shape index (κ3) is 3.55. The van der Waals surface area contributed by atoms with Gasteiger partial charge in [0.15, 0.2) is 0 Å². The minimum atomic E-state index is -3.81. The normalized spacial score (nSPS) is 11.4. The van der Waals surface area contributed by atoms with Crippen molar-refractivity contribution in [3.8, 4) is 17.0 Å². The van der Waals surface area contributed by atoms with E-state index in [2.05, 4.69) is 10.1 Å². The highest BCUT2D eigenvalue weighted by Crippen LogP contribution is 2.29. The van der Waals surface area contributed by atoms with Crippen LogP contribution < -0.4 is 9.04 Å². The summed E-state index contributed by atoms with van der Waals surface area (Å²) in [6.07, 6.45) is 2.58. The second-order valence-electron chi connectivity index (χ2n) is 6.55. The molecule has 0 atom stereocenters. The molecular formula is C20H17N5O5S. The zero-order chi connectivity index (χ0) is 22.2. The molecule has 10 nitrogen and oxygen atoms in total. The third-order valence-electron chi connectivity index (χ3n) is 4.80. The second-order valence-corrected chi connectivity index (χ2v) is 8.52. The Morgan fingerprint density at radius 3 is 2.55 bits per heavy atom. The molecule has 0 aliphatic carbocycles. The van der Waals surface area contributed by atoms with Crippen molar-refractivity contribution < 1.29 is 18.1 Å². The smallest absolute Gasteiger partial charge is 0.333 e. The Balaban J connectivity index is 1.75. The van der Waals surface area contributed by atoms with Crippen molar-refractivity contribution in [3.63, 3.8) is 0 Å². The summed E-state index contributed by atoms with van der Waals surface area (Å²) < 4.78 is 33.7. The van der Waals surface area contributed by atoms with Crippen LogP contribution in [-0.4, -0.2) is 42.1 Å². The molecule has 0 fully saturated rings. The molecule has 0 unspecified atom stereocenters. The van der Waals surface area contributed by atoms with Gasteiger partial charge in [-0.15, -0.1) is 0 Å². The van der Waals surface area contributed by atoms with Crippen LogP contribution in [0.15, 0.2) is 71.9 Å². The monoisotopic (exact) mass is 439 g/mol. The number of sulfonamides is 1. The van der Waals surface area contributed by atoms with E-state index in [1.165, 1.54) is 41.3 Å². The number of ether oxygens (including phenoxy) is 1. The number of benzene rings is 2. The van der Waals surface area contributed by atoms with Crippen LogP contribution in [-0.2, 0) is 10.0 Å². The Morgan fingerprint density at radius 2 is 1.87 bits per heavy atom. The van der Waals surface area contributed by atoms with Gasteiger partial charge in [-0.05, 0) is 42.5 Å². The summed E-state index contributed by atoms with van der Waals surface area (Å²) in [5.41, 5.74) is 1.47. The molecule has 11 heteroatoms. The first-order valence-corrected chi connectivity index (χ1v) is 10.5. The molecule has 0 radical (unpaired) electrons. The van der Waals surface area contributed by atoms with Gasteiger partial charge in [0, 0.05) is 18.8 Å². The van der Waals surface area contributed by atoms with Crippen LogP contribution in [0.25, 0.3) is 16.9 Å². The van der Waals surface area contributed by atoms with E-state index in [0.29, 0.717) is 22.7 Å². The first-order valence-electron chi connectivity index (χ1n) is 9.03. The Morgan fingerprint density at radius 1 is 1.13 bits per heavy atom. The fourth-order valence-electron chi connectivity index (χ4n) is 3.13. The van der Waals surface area contributed by atoms with Crippen LogP contribution >= 0.6 is 0 Å². The molecule has 4 aromatic rings. The van der Waals surface area contributed by atoms with E-state index in [-0.39, 0.29) is 16.2 Å². The molecular weight excluding hydrogens is 422 g/mol. The lowest BCUT2D eigenvalue weighted by molar-refractivity contribution is -0.383. The van der Waals surface area contributed by atoms with Gasteiger partial charge in [0.1, 0.15) is 11.9 Å². The van der Waals surface area contributed by atoms with E-state index < -0.39 is 14.9 Å². The van der Waals surface area contributed by atoms with E-state index in [0.717, 1.165) is 6.20 Å². The summed E-state index contributed by atoms with van der Waals surface area (Å²) in [6, 6.07) is 14.6. The van der Waals surface area contributed by atoms with Crippen LogP contribution in [0.2, 0.25) is 0 Å². The summed E-state index contributed by atoms with van der Waals surface area (Å²) in [7, 11) is -0.849. The SMILES string of the molecule is COc1ccc(S(=O)(=O)N(C)c2cccc(-c3ccnc4c([N+](=O)[O-])cnn34)c2)cc1. The maximum absolute atomic E-state index is 13.1. The molecule has 0 spiro atoms. The molecule has 2 aromatic heterocycles. The summed E-state index contributed by atoms with van der Waals surface area (Å²) in [4.78, 5) is 14.8. The van der Waals surface area contributed by atoms with Crippen molar-refractivity contribution in [2.24, 2.45) is 0 Å². The first kappa shape index (κ1) is 20.3. The van der Waals surface area contributed by atoms with E-state index in [1.54, 1.807) is 42.5 Å². The Labute approximate surface area is 177 Å². The molecule has 2 heterocycles. The number of hydrogen-bond donors (Lipinski definition) is 0. The highest BCUT2D eigenvalue weighted by molar-refractivity contribution is 7.92. The third-order valence-corrected chi connectivity index (χ3v) is 6.60. The predicted molar refractivity (Wildman–Crippen MR) is 114 cm³/mol. The number of fused-ring (bicyclic) bond motifs is 1. The van der Waals surface area contributed by atoms with Gasteiger partial charge in [-0.3, -0.25) is 14.4 Å². The van der Waals surface area contributed by atoms with Crippen molar-refractivity contribution in [2.75, 3.05) is 18.5 Å².